The number of hydrogen-bond acceptors (Lipinski definition) is 3. The molecule has 3 rings (SSSR count). The van der Waals surface area contributed by atoms with Crippen LogP contribution in [0, 0.1) is 5.82 Å². The van der Waals surface area contributed by atoms with Crippen molar-refractivity contribution in [2.24, 2.45) is 0 Å². The van der Waals surface area contributed by atoms with E-state index in [1.807, 2.05) is 24.3 Å². The molecule has 2 aromatic rings. The van der Waals surface area contributed by atoms with Crippen molar-refractivity contribution < 1.29 is 14.0 Å². The fourth-order valence-electron chi connectivity index (χ4n) is 2.18. The van der Waals surface area contributed by atoms with E-state index in [0.717, 1.165) is 10.6 Å². The number of hydrogen-bond donors (Lipinski definition) is 2. The number of fused-ring (bicyclic) bond motifs is 1. The lowest BCUT2D eigenvalue weighted by Crippen LogP contribution is -2.32. The van der Waals surface area contributed by atoms with Crippen molar-refractivity contribution in [3.05, 3.63) is 53.3 Å². The summed E-state index contributed by atoms with van der Waals surface area (Å²) in [5.41, 5.74) is 1.15. The van der Waals surface area contributed by atoms with Crippen LogP contribution in [0.3, 0.4) is 0 Å². The van der Waals surface area contributed by atoms with Gasteiger partial charge in [0.2, 0.25) is 11.8 Å². The summed E-state index contributed by atoms with van der Waals surface area (Å²) in [4.78, 5) is 25.1. The minimum atomic E-state index is -0.552. The van der Waals surface area contributed by atoms with Gasteiger partial charge in [-0.05, 0) is 30.3 Å². The van der Waals surface area contributed by atoms with Gasteiger partial charge in [0.1, 0.15) is 5.82 Å². The molecule has 0 aromatic heterocycles. The van der Waals surface area contributed by atoms with Gasteiger partial charge >= 0.3 is 0 Å². The summed E-state index contributed by atoms with van der Waals surface area (Å²) in [7, 11) is 0. The normalized spacial score (nSPS) is 16.4. The fraction of sp³-hybridized carbons (Fsp3) is 0.125. The Bertz CT molecular complexity index is 784. The Morgan fingerprint density at radius 2 is 2.09 bits per heavy atom. The van der Waals surface area contributed by atoms with E-state index in [9.17, 15) is 14.0 Å². The lowest BCUT2D eigenvalue weighted by molar-refractivity contribution is -0.120. The van der Waals surface area contributed by atoms with Crippen molar-refractivity contribution in [3.8, 4) is 0 Å². The van der Waals surface area contributed by atoms with Crippen molar-refractivity contribution >= 4 is 46.6 Å². The smallest absolute Gasteiger partial charge is 0.238 e. The van der Waals surface area contributed by atoms with Crippen LogP contribution >= 0.6 is 23.4 Å². The summed E-state index contributed by atoms with van der Waals surface area (Å²) < 4.78 is 13.1. The summed E-state index contributed by atoms with van der Waals surface area (Å²) in [5.74, 6) is -1.09. The van der Waals surface area contributed by atoms with Gasteiger partial charge in [-0.25, -0.2) is 4.39 Å². The number of carbonyl (C=O) groups excluding carboxylic acids is 2. The molecule has 2 amide bonds. The number of anilines is 2. The van der Waals surface area contributed by atoms with Gasteiger partial charge in [0.15, 0.2) is 0 Å². The highest BCUT2D eigenvalue weighted by atomic mass is 35.5. The maximum absolute atomic E-state index is 13.1. The highest BCUT2D eigenvalue weighted by Gasteiger charge is 2.28. The van der Waals surface area contributed by atoms with Crippen LogP contribution in [0.5, 0.6) is 0 Å². The maximum Gasteiger partial charge on any atom is 0.238 e. The van der Waals surface area contributed by atoms with Crippen molar-refractivity contribution in [1.82, 2.24) is 0 Å². The number of thioether (sulfide) groups is 1. The molecule has 1 aliphatic rings. The molecule has 1 atom stereocenters. The molecule has 0 saturated carbocycles. The molecule has 118 valence electrons. The van der Waals surface area contributed by atoms with E-state index < -0.39 is 11.1 Å². The van der Waals surface area contributed by atoms with Crippen LogP contribution in [-0.4, -0.2) is 17.1 Å². The highest BCUT2D eigenvalue weighted by Crippen LogP contribution is 2.36. The summed E-state index contributed by atoms with van der Waals surface area (Å²) in [6.07, 6.45) is 0.0137. The standard InChI is InChI=1S/C16H12ClFN2O2S/c17-10-7-9(5-6-11(10)18)19-15(21)8-14-16(22)20-12-3-1-2-4-13(12)23-14/h1-7,14H,8H2,(H,19,21)(H,20,22)/t14-/m0/s1. The molecule has 2 aromatic carbocycles. The largest absolute Gasteiger partial charge is 0.326 e. The number of carbonyl (C=O) groups is 2. The molecule has 0 bridgehead atoms. The zero-order valence-electron chi connectivity index (χ0n) is 11.8. The van der Waals surface area contributed by atoms with Crippen LogP contribution in [-0.2, 0) is 9.59 Å². The first-order chi connectivity index (χ1) is 11.0. The average Bonchev–Trinajstić information content (AvgIpc) is 2.51. The molecule has 0 fully saturated rings. The van der Waals surface area contributed by atoms with E-state index >= 15 is 0 Å². The topological polar surface area (TPSA) is 58.2 Å². The van der Waals surface area contributed by atoms with Gasteiger partial charge in [-0.3, -0.25) is 9.59 Å². The molecule has 1 aliphatic heterocycles. The molecule has 7 heteroatoms. The Morgan fingerprint density at radius 3 is 2.87 bits per heavy atom. The van der Waals surface area contributed by atoms with Gasteiger partial charge in [0.05, 0.1) is 16.0 Å². The molecule has 0 spiro atoms. The highest BCUT2D eigenvalue weighted by molar-refractivity contribution is 8.01. The fourth-order valence-corrected chi connectivity index (χ4v) is 3.47. The number of para-hydroxylation sites is 1. The Balaban J connectivity index is 1.66. The van der Waals surface area contributed by atoms with Crippen molar-refractivity contribution in [1.29, 1.82) is 0 Å². The zero-order chi connectivity index (χ0) is 16.4. The Labute approximate surface area is 141 Å². The quantitative estimate of drug-likeness (QED) is 0.882. The summed E-state index contributed by atoms with van der Waals surface area (Å²) in [6.45, 7) is 0. The molecule has 0 unspecified atom stereocenters. The van der Waals surface area contributed by atoms with E-state index in [2.05, 4.69) is 10.6 Å². The Kier molecular flexibility index (Phi) is 4.54. The van der Waals surface area contributed by atoms with Gasteiger partial charge < -0.3 is 10.6 Å². The molecule has 2 N–H and O–H groups in total. The van der Waals surface area contributed by atoms with Crippen molar-refractivity contribution in [3.63, 3.8) is 0 Å². The van der Waals surface area contributed by atoms with Crippen LogP contribution in [0.2, 0.25) is 5.02 Å². The summed E-state index contributed by atoms with van der Waals surface area (Å²) >= 11 is 7.02. The van der Waals surface area contributed by atoms with Crippen molar-refractivity contribution in [2.75, 3.05) is 10.6 Å². The predicted molar refractivity (Wildman–Crippen MR) is 89.4 cm³/mol. The third kappa shape index (κ3) is 3.65. The molecule has 4 nitrogen and oxygen atoms in total. The lowest BCUT2D eigenvalue weighted by atomic mass is 10.2. The molecule has 0 aliphatic carbocycles. The molecule has 0 radical (unpaired) electrons. The van der Waals surface area contributed by atoms with Gasteiger partial charge in [-0.1, -0.05) is 23.7 Å². The van der Waals surface area contributed by atoms with Crippen molar-refractivity contribution in [2.45, 2.75) is 16.6 Å². The molecule has 1 heterocycles. The summed E-state index contributed by atoms with van der Waals surface area (Å²) in [5, 5.41) is 4.82. The molecule has 0 saturated heterocycles. The molecular weight excluding hydrogens is 339 g/mol. The molecule has 23 heavy (non-hydrogen) atoms. The number of halogens is 2. The molecular formula is C16H12ClFN2O2S. The second-order valence-corrected chi connectivity index (χ2v) is 6.62. The first-order valence-electron chi connectivity index (χ1n) is 6.84. The SMILES string of the molecule is O=C(C[C@@H]1Sc2ccccc2NC1=O)Nc1ccc(F)c(Cl)c1. The average molecular weight is 351 g/mol. The van der Waals surface area contributed by atoms with Crippen LogP contribution in [0.25, 0.3) is 0 Å². The Hall–Kier alpha value is -2.05. The zero-order valence-corrected chi connectivity index (χ0v) is 13.4. The first kappa shape index (κ1) is 15.8. The van der Waals surface area contributed by atoms with Gasteiger partial charge in [0.25, 0.3) is 0 Å². The lowest BCUT2D eigenvalue weighted by Gasteiger charge is -2.23. The van der Waals surface area contributed by atoms with Crippen LogP contribution in [0.4, 0.5) is 15.8 Å². The van der Waals surface area contributed by atoms with E-state index in [4.69, 9.17) is 11.6 Å². The third-order valence-electron chi connectivity index (χ3n) is 3.28. The van der Waals surface area contributed by atoms with Crippen LogP contribution in [0.1, 0.15) is 6.42 Å². The monoisotopic (exact) mass is 350 g/mol. The van der Waals surface area contributed by atoms with Gasteiger partial charge in [0, 0.05) is 17.0 Å². The van der Waals surface area contributed by atoms with E-state index in [0.29, 0.717) is 5.69 Å². The maximum atomic E-state index is 13.1. The number of amides is 2. The van der Waals surface area contributed by atoms with Crippen LogP contribution < -0.4 is 10.6 Å². The van der Waals surface area contributed by atoms with E-state index in [1.165, 1.54) is 30.0 Å². The minimum Gasteiger partial charge on any atom is -0.326 e. The predicted octanol–water partition coefficient (Wildman–Crippen LogP) is 3.92. The van der Waals surface area contributed by atoms with Crippen LogP contribution in [0.15, 0.2) is 47.4 Å². The second kappa shape index (κ2) is 6.60. The number of rotatable bonds is 3. The van der Waals surface area contributed by atoms with Gasteiger partial charge in [-0.15, -0.1) is 11.8 Å². The minimum absolute atomic E-state index is 0.0137. The van der Waals surface area contributed by atoms with E-state index in [-0.39, 0.29) is 23.3 Å². The number of nitrogens with one attached hydrogen (secondary N) is 2. The summed E-state index contributed by atoms with van der Waals surface area (Å²) in [6, 6.07) is 11.4. The number of benzene rings is 2. The first-order valence-corrected chi connectivity index (χ1v) is 8.10. The van der Waals surface area contributed by atoms with Gasteiger partial charge in [-0.2, -0.15) is 0 Å². The van der Waals surface area contributed by atoms with E-state index in [1.54, 1.807) is 0 Å². The second-order valence-electron chi connectivity index (χ2n) is 4.97. The third-order valence-corrected chi connectivity index (χ3v) is 4.85. The Morgan fingerprint density at radius 1 is 1.30 bits per heavy atom.